The molecular formula is C17H23N3O4S2. The normalized spacial score (nSPS) is 19.6. The van der Waals surface area contributed by atoms with Gasteiger partial charge in [-0.25, -0.2) is 16.8 Å². The molecule has 0 amide bonds. The van der Waals surface area contributed by atoms with Crippen LogP contribution in [0.5, 0.6) is 0 Å². The van der Waals surface area contributed by atoms with E-state index in [1.807, 2.05) is 19.9 Å². The van der Waals surface area contributed by atoms with Gasteiger partial charge >= 0.3 is 0 Å². The van der Waals surface area contributed by atoms with Gasteiger partial charge in [0.15, 0.2) is 9.84 Å². The summed E-state index contributed by atoms with van der Waals surface area (Å²) in [7, 11) is -6.91. The number of rotatable bonds is 4. The fourth-order valence-electron chi connectivity index (χ4n) is 3.37. The van der Waals surface area contributed by atoms with E-state index < -0.39 is 19.9 Å². The Morgan fingerprint density at radius 1 is 1.15 bits per heavy atom. The van der Waals surface area contributed by atoms with Crippen LogP contribution in [0.3, 0.4) is 0 Å². The summed E-state index contributed by atoms with van der Waals surface area (Å²) in [5, 5.41) is 4.33. The highest BCUT2D eigenvalue weighted by Gasteiger charge is 2.33. The fourth-order valence-corrected chi connectivity index (χ4v) is 6.52. The van der Waals surface area contributed by atoms with Gasteiger partial charge in [0.2, 0.25) is 0 Å². The van der Waals surface area contributed by atoms with Crippen LogP contribution in [0.1, 0.15) is 35.0 Å². The van der Waals surface area contributed by atoms with Crippen LogP contribution in [-0.4, -0.2) is 38.1 Å². The zero-order valence-corrected chi connectivity index (χ0v) is 16.9. The molecule has 26 heavy (non-hydrogen) atoms. The molecule has 0 bridgehead atoms. The number of sulfone groups is 1. The fraction of sp³-hybridized carbons (Fsp3) is 0.471. The summed E-state index contributed by atoms with van der Waals surface area (Å²) >= 11 is 0. The predicted molar refractivity (Wildman–Crippen MR) is 101 cm³/mol. The van der Waals surface area contributed by atoms with E-state index in [0.717, 1.165) is 11.1 Å². The van der Waals surface area contributed by atoms with Crippen LogP contribution >= 0.6 is 0 Å². The minimum absolute atomic E-state index is 0.000959. The quantitative estimate of drug-likeness (QED) is 0.853. The lowest BCUT2D eigenvalue weighted by atomic mass is 10.1. The minimum Gasteiger partial charge on any atom is -0.280 e. The van der Waals surface area contributed by atoms with Crippen molar-refractivity contribution in [3.05, 3.63) is 40.7 Å². The zero-order valence-electron chi connectivity index (χ0n) is 15.3. The lowest BCUT2D eigenvalue weighted by Crippen LogP contribution is -2.17. The molecule has 0 spiro atoms. The van der Waals surface area contributed by atoms with Gasteiger partial charge in [0.25, 0.3) is 10.0 Å². The molecule has 0 saturated carbocycles. The maximum Gasteiger partial charge on any atom is 0.265 e. The molecule has 2 heterocycles. The average molecular weight is 398 g/mol. The number of hydrogen-bond acceptors (Lipinski definition) is 5. The standard InChI is InChI=1S/C17H23N3O4S2/c1-11-5-6-15(9-12(11)2)19-26(23,24)17-13(3)18-20(14(17)4)16-7-8-25(21,22)10-16/h5-6,9,16,19H,7-8,10H2,1-4H3/t16-/m0/s1. The number of benzene rings is 1. The van der Waals surface area contributed by atoms with Gasteiger partial charge in [-0.1, -0.05) is 6.07 Å². The van der Waals surface area contributed by atoms with E-state index in [0.29, 0.717) is 23.5 Å². The van der Waals surface area contributed by atoms with E-state index in [9.17, 15) is 16.8 Å². The topological polar surface area (TPSA) is 98.1 Å². The van der Waals surface area contributed by atoms with Crippen LogP contribution in [0.15, 0.2) is 23.1 Å². The first-order valence-electron chi connectivity index (χ1n) is 8.36. The maximum atomic E-state index is 12.9. The third kappa shape index (κ3) is 3.50. The van der Waals surface area contributed by atoms with Crippen LogP contribution in [-0.2, 0) is 19.9 Å². The van der Waals surface area contributed by atoms with E-state index >= 15 is 0 Å². The predicted octanol–water partition coefficient (Wildman–Crippen LogP) is 2.28. The van der Waals surface area contributed by atoms with Crippen LogP contribution in [0.25, 0.3) is 0 Å². The molecular weight excluding hydrogens is 374 g/mol. The SMILES string of the molecule is Cc1ccc(NS(=O)(=O)c2c(C)nn([C@H]3CCS(=O)(=O)C3)c2C)cc1C. The molecule has 2 aromatic rings. The second-order valence-electron chi connectivity index (χ2n) is 6.91. The van der Waals surface area contributed by atoms with E-state index in [-0.39, 0.29) is 22.4 Å². The Morgan fingerprint density at radius 3 is 2.42 bits per heavy atom. The Balaban J connectivity index is 1.96. The summed E-state index contributed by atoms with van der Waals surface area (Å²) in [6, 6.07) is 5.05. The summed E-state index contributed by atoms with van der Waals surface area (Å²) in [5.41, 5.74) is 3.38. The molecule has 1 atom stereocenters. The minimum atomic E-state index is -3.82. The molecule has 1 N–H and O–H groups in total. The lowest BCUT2D eigenvalue weighted by molar-refractivity contribution is 0.484. The maximum absolute atomic E-state index is 12.9. The molecule has 1 fully saturated rings. The van der Waals surface area contributed by atoms with Gasteiger partial charge in [0.1, 0.15) is 4.90 Å². The number of anilines is 1. The number of nitrogens with zero attached hydrogens (tertiary/aromatic N) is 2. The Labute approximate surface area is 154 Å². The smallest absolute Gasteiger partial charge is 0.265 e. The van der Waals surface area contributed by atoms with E-state index in [1.165, 1.54) is 0 Å². The highest BCUT2D eigenvalue weighted by molar-refractivity contribution is 7.92. The second kappa shape index (κ2) is 6.38. The molecule has 1 saturated heterocycles. The summed E-state index contributed by atoms with van der Waals surface area (Å²) < 4.78 is 53.5. The number of aromatic nitrogens is 2. The molecule has 1 aliphatic heterocycles. The largest absolute Gasteiger partial charge is 0.280 e. The Kier molecular flexibility index (Phi) is 4.64. The van der Waals surface area contributed by atoms with Crippen LogP contribution in [0, 0.1) is 27.7 Å². The third-order valence-corrected chi connectivity index (χ3v) is 8.22. The first kappa shape index (κ1) is 18.9. The summed E-state index contributed by atoms with van der Waals surface area (Å²) in [4.78, 5) is 0.111. The van der Waals surface area contributed by atoms with Crippen molar-refractivity contribution in [1.29, 1.82) is 0 Å². The molecule has 0 aliphatic carbocycles. The summed E-state index contributed by atoms with van der Waals surface area (Å²) in [5.74, 6) is 0.109. The van der Waals surface area contributed by atoms with Crippen molar-refractivity contribution in [2.24, 2.45) is 0 Å². The molecule has 0 radical (unpaired) electrons. The Bertz CT molecular complexity index is 1070. The van der Waals surface area contributed by atoms with Crippen molar-refractivity contribution in [1.82, 2.24) is 9.78 Å². The number of aryl methyl sites for hydroxylation is 3. The van der Waals surface area contributed by atoms with E-state index in [4.69, 9.17) is 0 Å². The molecule has 1 aromatic carbocycles. The molecule has 142 valence electrons. The lowest BCUT2D eigenvalue weighted by Gasteiger charge is -2.13. The molecule has 7 nitrogen and oxygen atoms in total. The van der Waals surface area contributed by atoms with Gasteiger partial charge in [-0.2, -0.15) is 5.10 Å². The van der Waals surface area contributed by atoms with Crippen LogP contribution < -0.4 is 4.72 Å². The molecule has 9 heteroatoms. The van der Waals surface area contributed by atoms with Crippen LogP contribution in [0.4, 0.5) is 5.69 Å². The number of sulfonamides is 1. The van der Waals surface area contributed by atoms with Crippen molar-refractivity contribution in [3.8, 4) is 0 Å². The van der Waals surface area contributed by atoms with Crippen molar-refractivity contribution in [2.75, 3.05) is 16.2 Å². The molecule has 0 unspecified atom stereocenters. The average Bonchev–Trinajstić information content (AvgIpc) is 3.02. The van der Waals surface area contributed by atoms with Crippen LogP contribution in [0.2, 0.25) is 0 Å². The highest BCUT2D eigenvalue weighted by atomic mass is 32.2. The van der Waals surface area contributed by atoms with Gasteiger partial charge in [0.05, 0.1) is 28.9 Å². The molecule has 3 rings (SSSR count). The summed E-state index contributed by atoms with van der Waals surface area (Å²) in [6.45, 7) is 7.17. The summed E-state index contributed by atoms with van der Waals surface area (Å²) in [6.07, 6.45) is 0.453. The zero-order chi connectivity index (χ0) is 19.3. The van der Waals surface area contributed by atoms with Gasteiger partial charge in [-0.3, -0.25) is 9.40 Å². The molecule has 1 aromatic heterocycles. The van der Waals surface area contributed by atoms with Gasteiger partial charge in [-0.05, 0) is 57.4 Å². The first-order valence-corrected chi connectivity index (χ1v) is 11.7. The van der Waals surface area contributed by atoms with Gasteiger partial charge in [-0.15, -0.1) is 0 Å². The first-order chi connectivity index (χ1) is 12.0. The van der Waals surface area contributed by atoms with Crippen molar-refractivity contribution in [2.45, 2.75) is 45.1 Å². The van der Waals surface area contributed by atoms with Gasteiger partial charge in [0, 0.05) is 5.69 Å². The van der Waals surface area contributed by atoms with Crippen molar-refractivity contribution >= 4 is 25.5 Å². The Morgan fingerprint density at radius 2 is 1.85 bits per heavy atom. The van der Waals surface area contributed by atoms with E-state index in [2.05, 4.69) is 9.82 Å². The van der Waals surface area contributed by atoms with Gasteiger partial charge < -0.3 is 0 Å². The Hall–Kier alpha value is -1.87. The monoisotopic (exact) mass is 397 g/mol. The number of hydrogen-bond donors (Lipinski definition) is 1. The third-order valence-electron chi connectivity index (χ3n) is 4.84. The molecule has 1 aliphatic rings. The van der Waals surface area contributed by atoms with Crippen molar-refractivity contribution < 1.29 is 16.8 Å². The second-order valence-corrected chi connectivity index (χ2v) is 10.8. The number of nitrogens with one attached hydrogen (secondary N) is 1. The van der Waals surface area contributed by atoms with Crippen molar-refractivity contribution in [3.63, 3.8) is 0 Å². The van der Waals surface area contributed by atoms with E-state index in [1.54, 1.807) is 30.7 Å². The highest BCUT2D eigenvalue weighted by Crippen LogP contribution is 2.30.